The number of hydrogen-bond donors (Lipinski definition) is 0. The molecular formula is C11H12O4. The first-order chi connectivity index (χ1) is 7.36. The van der Waals surface area contributed by atoms with Gasteiger partial charge in [0.25, 0.3) is 0 Å². The minimum Gasteiger partial charge on any atom is -0.486 e. The molecule has 0 saturated heterocycles. The van der Waals surface area contributed by atoms with Crippen LogP contribution in [-0.4, -0.2) is 26.6 Å². The fourth-order valence-electron chi connectivity index (χ4n) is 1.58. The molecule has 1 aliphatic heterocycles. The lowest BCUT2D eigenvalue weighted by molar-refractivity contribution is 0.110. The average Bonchev–Trinajstić information content (AvgIpc) is 2.30. The van der Waals surface area contributed by atoms with Crippen molar-refractivity contribution in [3.63, 3.8) is 0 Å². The Kier molecular flexibility index (Phi) is 2.87. The molecule has 4 nitrogen and oxygen atoms in total. The molecular weight excluding hydrogens is 196 g/mol. The number of fused-ring (bicyclic) bond motifs is 1. The number of benzene rings is 1. The number of rotatable bonds is 3. The van der Waals surface area contributed by atoms with Crippen LogP contribution in [0.3, 0.4) is 0 Å². The fourth-order valence-corrected chi connectivity index (χ4v) is 1.58. The maximum Gasteiger partial charge on any atom is 0.172 e. The lowest BCUT2D eigenvalue weighted by Gasteiger charge is -2.22. The molecule has 0 bridgehead atoms. The van der Waals surface area contributed by atoms with Crippen LogP contribution in [0, 0.1) is 0 Å². The highest BCUT2D eigenvalue weighted by Gasteiger charge is 2.19. The van der Waals surface area contributed by atoms with Gasteiger partial charge in [-0.25, -0.2) is 0 Å². The molecule has 1 aromatic carbocycles. The van der Waals surface area contributed by atoms with Crippen LogP contribution in [0.25, 0.3) is 0 Å². The minimum absolute atomic E-state index is 0.449. The molecule has 0 aliphatic carbocycles. The summed E-state index contributed by atoms with van der Waals surface area (Å²) in [5, 5.41) is 0. The topological polar surface area (TPSA) is 44.8 Å². The number of carbonyl (C=O) groups excluding carboxylic acids is 1. The van der Waals surface area contributed by atoms with Crippen molar-refractivity contribution in [2.45, 2.75) is 6.61 Å². The fraction of sp³-hybridized carbons (Fsp3) is 0.364. The van der Waals surface area contributed by atoms with Gasteiger partial charge in [-0.1, -0.05) is 6.07 Å². The van der Waals surface area contributed by atoms with E-state index in [-0.39, 0.29) is 0 Å². The van der Waals surface area contributed by atoms with Gasteiger partial charge in [-0.05, 0) is 6.07 Å². The normalized spacial score (nSPS) is 13.7. The van der Waals surface area contributed by atoms with Crippen molar-refractivity contribution in [2.75, 3.05) is 20.3 Å². The molecule has 0 unspecified atom stereocenters. The second-order valence-corrected chi connectivity index (χ2v) is 3.22. The maximum absolute atomic E-state index is 10.8. The Hall–Kier alpha value is -1.55. The summed E-state index contributed by atoms with van der Waals surface area (Å²) in [6, 6.07) is 3.54. The standard InChI is InChI=1S/C11H12O4/c1-13-7-9-3-2-8(6-12)10-11(9)15-5-4-14-10/h2-3,6H,4-5,7H2,1H3. The first-order valence-electron chi connectivity index (χ1n) is 4.72. The first-order valence-corrected chi connectivity index (χ1v) is 4.72. The van der Waals surface area contributed by atoms with Crippen molar-refractivity contribution in [1.82, 2.24) is 0 Å². The average molecular weight is 208 g/mol. The summed E-state index contributed by atoms with van der Waals surface area (Å²) in [6.45, 7) is 1.43. The Morgan fingerprint density at radius 2 is 2.07 bits per heavy atom. The third-order valence-electron chi connectivity index (χ3n) is 2.23. The van der Waals surface area contributed by atoms with Gasteiger partial charge in [0.15, 0.2) is 17.8 Å². The highest BCUT2D eigenvalue weighted by atomic mass is 16.6. The highest BCUT2D eigenvalue weighted by Crippen LogP contribution is 2.36. The van der Waals surface area contributed by atoms with E-state index in [0.29, 0.717) is 36.9 Å². The number of hydrogen-bond acceptors (Lipinski definition) is 4. The Labute approximate surface area is 87.8 Å². The number of aldehydes is 1. The van der Waals surface area contributed by atoms with Crippen LogP contribution in [0.4, 0.5) is 0 Å². The largest absolute Gasteiger partial charge is 0.486 e. The zero-order valence-corrected chi connectivity index (χ0v) is 8.49. The van der Waals surface area contributed by atoms with Gasteiger partial charge in [0.2, 0.25) is 0 Å². The predicted octanol–water partition coefficient (Wildman–Crippen LogP) is 1.42. The summed E-state index contributed by atoms with van der Waals surface area (Å²) < 4.78 is 15.9. The molecule has 0 aromatic heterocycles. The summed E-state index contributed by atoms with van der Waals surface area (Å²) >= 11 is 0. The van der Waals surface area contributed by atoms with Crippen LogP contribution in [0.5, 0.6) is 11.5 Å². The van der Waals surface area contributed by atoms with Crippen LogP contribution in [0.15, 0.2) is 12.1 Å². The molecule has 80 valence electrons. The SMILES string of the molecule is COCc1ccc(C=O)c2c1OCCO2. The molecule has 1 aromatic rings. The molecule has 0 atom stereocenters. The van der Waals surface area contributed by atoms with Gasteiger partial charge in [-0.2, -0.15) is 0 Å². The Balaban J connectivity index is 2.47. The summed E-state index contributed by atoms with van der Waals surface area (Å²) in [7, 11) is 1.61. The quantitative estimate of drug-likeness (QED) is 0.704. The summed E-state index contributed by atoms with van der Waals surface area (Å²) in [5.74, 6) is 1.17. The smallest absolute Gasteiger partial charge is 0.172 e. The summed E-state index contributed by atoms with van der Waals surface area (Å²) in [4.78, 5) is 10.8. The van der Waals surface area contributed by atoms with E-state index in [1.54, 1.807) is 13.2 Å². The van der Waals surface area contributed by atoms with E-state index in [2.05, 4.69) is 0 Å². The minimum atomic E-state index is 0.449. The molecule has 15 heavy (non-hydrogen) atoms. The molecule has 0 spiro atoms. The monoisotopic (exact) mass is 208 g/mol. The van der Waals surface area contributed by atoms with E-state index in [1.807, 2.05) is 6.07 Å². The van der Waals surface area contributed by atoms with Crippen LogP contribution in [0.2, 0.25) is 0 Å². The van der Waals surface area contributed by atoms with Gasteiger partial charge in [-0.3, -0.25) is 4.79 Å². The van der Waals surface area contributed by atoms with Crippen molar-refractivity contribution in [1.29, 1.82) is 0 Å². The zero-order chi connectivity index (χ0) is 10.7. The highest BCUT2D eigenvalue weighted by molar-refractivity contribution is 5.82. The van der Waals surface area contributed by atoms with Gasteiger partial charge < -0.3 is 14.2 Å². The van der Waals surface area contributed by atoms with Crippen LogP contribution in [-0.2, 0) is 11.3 Å². The van der Waals surface area contributed by atoms with E-state index in [1.165, 1.54) is 0 Å². The first kappa shape index (κ1) is 9.98. The van der Waals surface area contributed by atoms with Gasteiger partial charge >= 0.3 is 0 Å². The number of ether oxygens (including phenoxy) is 3. The maximum atomic E-state index is 10.8. The van der Waals surface area contributed by atoms with Crippen molar-refractivity contribution in [3.05, 3.63) is 23.3 Å². The van der Waals surface area contributed by atoms with Gasteiger partial charge in [0.05, 0.1) is 12.2 Å². The van der Waals surface area contributed by atoms with Crippen LogP contribution >= 0.6 is 0 Å². The predicted molar refractivity (Wildman–Crippen MR) is 53.5 cm³/mol. The van der Waals surface area contributed by atoms with E-state index >= 15 is 0 Å². The molecule has 4 heteroatoms. The van der Waals surface area contributed by atoms with Crippen LogP contribution in [0.1, 0.15) is 15.9 Å². The van der Waals surface area contributed by atoms with E-state index in [4.69, 9.17) is 14.2 Å². The molecule has 0 saturated carbocycles. The van der Waals surface area contributed by atoms with Crippen molar-refractivity contribution >= 4 is 6.29 Å². The third kappa shape index (κ3) is 1.80. The molecule has 1 heterocycles. The molecule has 2 rings (SSSR count). The Morgan fingerprint density at radius 3 is 2.73 bits per heavy atom. The molecule has 0 radical (unpaired) electrons. The summed E-state index contributed by atoms with van der Waals surface area (Å²) in [5.41, 5.74) is 1.42. The number of methoxy groups -OCH3 is 1. The second kappa shape index (κ2) is 4.31. The van der Waals surface area contributed by atoms with Crippen molar-refractivity contribution in [2.24, 2.45) is 0 Å². The van der Waals surface area contributed by atoms with E-state index < -0.39 is 0 Å². The Bertz CT molecular complexity index is 373. The summed E-state index contributed by atoms with van der Waals surface area (Å²) in [6.07, 6.45) is 0.768. The van der Waals surface area contributed by atoms with Gasteiger partial charge in [0.1, 0.15) is 13.2 Å². The lowest BCUT2D eigenvalue weighted by Crippen LogP contribution is -2.18. The molecule has 0 N–H and O–H groups in total. The molecule has 0 amide bonds. The van der Waals surface area contributed by atoms with Gasteiger partial charge in [0, 0.05) is 12.7 Å². The van der Waals surface area contributed by atoms with Crippen molar-refractivity contribution in [3.8, 4) is 11.5 Å². The van der Waals surface area contributed by atoms with E-state index in [9.17, 15) is 4.79 Å². The third-order valence-corrected chi connectivity index (χ3v) is 2.23. The van der Waals surface area contributed by atoms with Crippen molar-refractivity contribution < 1.29 is 19.0 Å². The Morgan fingerprint density at radius 1 is 1.33 bits per heavy atom. The number of carbonyl (C=O) groups is 1. The van der Waals surface area contributed by atoms with Gasteiger partial charge in [-0.15, -0.1) is 0 Å². The van der Waals surface area contributed by atoms with Crippen LogP contribution < -0.4 is 9.47 Å². The van der Waals surface area contributed by atoms with E-state index in [0.717, 1.165) is 11.8 Å². The lowest BCUT2D eigenvalue weighted by atomic mass is 10.1. The molecule has 1 aliphatic rings. The second-order valence-electron chi connectivity index (χ2n) is 3.22. The molecule has 0 fully saturated rings. The zero-order valence-electron chi connectivity index (χ0n) is 8.49.